The topological polar surface area (TPSA) is 55.7 Å². The molecule has 4 heteroatoms. The van der Waals surface area contributed by atoms with Crippen LogP contribution in [0.5, 0.6) is 0 Å². The Bertz CT molecular complexity index is 425. The Hall–Kier alpha value is -2.10. The van der Waals surface area contributed by atoms with Crippen LogP contribution in [0, 0.1) is 0 Å². The van der Waals surface area contributed by atoms with Gasteiger partial charge in [0.05, 0.1) is 5.56 Å². The minimum atomic E-state index is 0.475. The van der Waals surface area contributed by atoms with Crippen LogP contribution >= 0.6 is 0 Å². The number of rotatable bonds is 2. The predicted molar refractivity (Wildman–Crippen MR) is 50.7 cm³/mol. The Morgan fingerprint density at radius 1 is 1.07 bits per heavy atom. The van der Waals surface area contributed by atoms with Gasteiger partial charge in [0.15, 0.2) is 12.1 Å². The molecule has 0 radical (unpaired) electrons. The summed E-state index contributed by atoms with van der Waals surface area (Å²) < 4.78 is 0. The molecule has 0 unspecified atom stereocenters. The first-order valence-corrected chi connectivity index (χ1v) is 4.08. The lowest BCUT2D eigenvalue weighted by Gasteiger charge is -1.97. The summed E-state index contributed by atoms with van der Waals surface area (Å²) in [6, 6.07) is 3.63. The van der Waals surface area contributed by atoms with Crippen LogP contribution in [0.4, 0.5) is 0 Å². The van der Waals surface area contributed by atoms with E-state index in [0.717, 1.165) is 11.8 Å². The summed E-state index contributed by atoms with van der Waals surface area (Å²) in [4.78, 5) is 22.4. The molecule has 0 saturated carbocycles. The third-order valence-electron chi connectivity index (χ3n) is 1.75. The van der Waals surface area contributed by atoms with Gasteiger partial charge in [0.2, 0.25) is 0 Å². The minimum absolute atomic E-state index is 0.475. The molecule has 0 aliphatic rings. The smallest absolute Gasteiger partial charge is 0.159 e. The molecule has 2 heterocycles. The van der Waals surface area contributed by atoms with Crippen molar-refractivity contribution in [1.82, 2.24) is 15.0 Å². The van der Waals surface area contributed by atoms with E-state index in [0.29, 0.717) is 11.4 Å². The molecule has 0 amide bonds. The SMILES string of the molecule is O=Cc1cnc(-c2ccncc2)nc1. The fourth-order valence-electron chi connectivity index (χ4n) is 1.05. The summed E-state index contributed by atoms with van der Waals surface area (Å²) in [7, 11) is 0. The van der Waals surface area contributed by atoms with Crippen molar-refractivity contribution in [3.8, 4) is 11.4 Å². The highest BCUT2D eigenvalue weighted by Gasteiger charge is 1.99. The van der Waals surface area contributed by atoms with E-state index < -0.39 is 0 Å². The van der Waals surface area contributed by atoms with E-state index in [-0.39, 0.29) is 0 Å². The second-order valence-corrected chi connectivity index (χ2v) is 2.69. The predicted octanol–water partition coefficient (Wildman–Crippen LogP) is 1.35. The monoisotopic (exact) mass is 185 g/mol. The average Bonchev–Trinajstić information content (AvgIpc) is 2.30. The molecule has 0 fully saturated rings. The Kier molecular flexibility index (Phi) is 2.27. The van der Waals surface area contributed by atoms with Crippen LogP contribution in [-0.2, 0) is 0 Å². The Balaban J connectivity index is 2.39. The molecule has 0 spiro atoms. The molecule has 0 aliphatic carbocycles. The lowest BCUT2D eigenvalue weighted by molar-refractivity contribution is 0.112. The molecule has 2 rings (SSSR count). The van der Waals surface area contributed by atoms with Gasteiger partial charge < -0.3 is 0 Å². The molecule has 0 atom stereocenters. The molecule has 0 aromatic carbocycles. The average molecular weight is 185 g/mol. The van der Waals surface area contributed by atoms with Crippen LogP contribution < -0.4 is 0 Å². The standard InChI is InChI=1S/C10H7N3O/c14-7-8-5-12-10(13-6-8)9-1-3-11-4-2-9/h1-7H. The minimum Gasteiger partial charge on any atom is -0.298 e. The van der Waals surface area contributed by atoms with Gasteiger partial charge in [-0.3, -0.25) is 9.78 Å². The maximum absolute atomic E-state index is 10.4. The van der Waals surface area contributed by atoms with Gasteiger partial charge in [-0.05, 0) is 12.1 Å². The molecule has 4 nitrogen and oxygen atoms in total. The molecule has 2 aromatic heterocycles. The molecule has 14 heavy (non-hydrogen) atoms. The summed E-state index contributed by atoms with van der Waals surface area (Å²) in [5.74, 6) is 0.595. The lowest BCUT2D eigenvalue weighted by Crippen LogP contribution is -1.90. The fourth-order valence-corrected chi connectivity index (χ4v) is 1.05. The number of hydrogen-bond acceptors (Lipinski definition) is 4. The fraction of sp³-hybridized carbons (Fsp3) is 0. The van der Waals surface area contributed by atoms with Crippen LogP contribution in [-0.4, -0.2) is 21.2 Å². The Morgan fingerprint density at radius 3 is 2.29 bits per heavy atom. The van der Waals surface area contributed by atoms with E-state index in [1.54, 1.807) is 12.4 Å². The summed E-state index contributed by atoms with van der Waals surface area (Å²) in [5, 5.41) is 0. The summed E-state index contributed by atoms with van der Waals surface area (Å²) in [6.45, 7) is 0. The number of carbonyl (C=O) groups is 1. The zero-order valence-electron chi connectivity index (χ0n) is 7.29. The molecule has 68 valence electrons. The number of pyridine rings is 1. The van der Waals surface area contributed by atoms with Gasteiger partial charge in [-0.25, -0.2) is 9.97 Å². The zero-order valence-corrected chi connectivity index (χ0v) is 7.29. The van der Waals surface area contributed by atoms with Gasteiger partial charge in [0.25, 0.3) is 0 Å². The van der Waals surface area contributed by atoms with Gasteiger partial charge in [0.1, 0.15) is 0 Å². The van der Waals surface area contributed by atoms with Gasteiger partial charge in [-0.1, -0.05) is 0 Å². The Morgan fingerprint density at radius 2 is 1.71 bits per heavy atom. The number of nitrogens with zero attached hydrogens (tertiary/aromatic N) is 3. The second-order valence-electron chi connectivity index (χ2n) is 2.69. The van der Waals surface area contributed by atoms with Crippen molar-refractivity contribution < 1.29 is 4.79 Å². The molecule has 2 aromatic rings. The molecule has 0 aliphatic heterocycles. The summed E-state index contributed by atoms with van der Waals surface area (Å²) >= 11 is 0. The number of aromatic nitrogens is 3. The molecule has 0 saturated heterocycles. The van der Waals surface area contributed by atoms with Crippen molar-refractivity contribution in [2.45, 2.75) is 0 Å². The zero-order chi connectivity index (χ0) is 9.80. The number of carbonyl (C=O) groups excluding carboxylic acids is 1. The van der Waals surface area contributed by atoms with E-state index in [1.165, 1.54) is 12.4 Å². The van der Waals surface area contributed by atoms with Crippen molar-refractivity contribution in [3.63, 3.8) is 0 Å². The van der Waals surface area contributed by atoms with Crippen molar-refractivity contribution in [1.29, 1.82) is 0 Å². The molecule has 0 N–H and O–H groups in total. The highest BCUT2D eigenvalue weighted by atomic mass is 16.1. The van der Waals surface area contributed by atoms with Gasteiger partial charge in [-0.15, -0.1) is 0 Å². The maximum Gasteiger partial charge on any atom is 0.159 e. The third kappa shape index (κ3) is 1.64. The van der Waals surface area contributed by atoms with Crippen LogP contribution in [0.25, 0.3) is 11.4 Å². The first-order chi connectivity index (χ1) is 6.90. The molecule has 0 bridgehead atoms. The van der Waals surface area contributed by atoms with Gasteiger partial charge >= 0.3 is 0 Å². The third-order valence-corrected chi connectivity index (χ3v) is 1.75. The van der Waals surface area contributed by atoms with E-state index in [9.17, 15) is 4.79 Å². The van der Waals surface area contributed by atoms with E-state index >= 15 is 0 Å². The van der Waals surface area contributed by atoms with Crippen molar-refractivity contribution in [2.24, 2.45) is 0 Å². The first kappa shape index (κ1) is 8.50. The van der Waals surface area contributed by atoms with E-state index in [2.05, 4.69) is 15.0 Å². The summed E-state index contributed by atoms with van der Waals surface area (Å²) in [6.07, 6.45) is 7.06. The van der Waals surface area contributed by atoms with Crippen molar-refractivity contribution in [3.05, 3.63) is 42.5 Å². The molecular formula is C10H7N3O. The first-order valence-electron chi connectivity index (χ1n) is 4.08. The lowest BCUT2D eigenvalue weighted by atomic mass is 10.2. The van der Waals surface area contributed by atoms with Crippen LogP contribution in [0.2, 0.25) is 0 Å². The maximum atomic E-state index is 10.4. The van der Waals surface area contributed by atoms with E-state index in [4.69, 9.17) is 0 Å². The van der Waals surface area contributed by atoms with E-state index in [1.807, 2.05) is 12.1 Å². The largest absolute Gasteiger partial charge is 0.298 e. The molecular weight excluding hydrogens is 178 g/mol. The highest BCUT2D eigenvalue weighted by molar-refractivity contribution is 5.73. The number of aldehydes is 1. The van der Waals surface area contributed by atoms with Crippen LogP contribution in [0.3, 0.4) is 0 Å². The quantitative estimate of drug-likeness (QED) is 0.662. The van der Waals surface area contributed by atoms with Gasteiger partial charge in [0, 0.05) is 30.4 Å². The summed E-state index contributed by atoms with van der Waals surface area (Å²) in [5.41, 5.74) is 1.36. The highest BCUT2D eigenvalue weighted by Crippen LogP contribution is 2.11. The number of hydrogen-bond donors (Lipinski definition) is 0. The van der Waals surface area contributed by atoms with Gasteiger partial charge in [-0.2, -0.15) is 0 Å². The van der Waals surface area contributed by atoms with Crippen LogP contribution in [0.15, 0.2) is 36.9 Å². The van der Waals surface area contributed by atoms with Crippen LogP contribution in [0.1, 0.15) is 10.4 Å². The second kappa shape index (κ2) is 3.74. The Labute approximate surface area is 80.7 Å². The van der Waals surface area contributed by atoms with Crippen molar-refractivity contribution in [2.75, 3.05) is 0 Å². The van der Waals surface area contributed by atoms with Crippen molar-refractivity contribution >= 4 is 6.29 Å². The normalized spacial score (nSPS) is 9.71.